The Kier molecular flexibility index (Phi) is 5.87. The van der Waals surface area contributed by atoms with Gasteiger partial charge in [0.1, 0.15) is 5.60 Å². The van der Waals surface area contributed by atoms with Gasteiger partial charge in [-0.05, 0) is 57.7 Å². The molecule has 1 fully saturated rings. The van der Waals surface area contributed by atoms with E-state index in [0.29, 0.717) is 6.04 Å². The standard InChI is InChI=1S/C17H25BrN2O2/c1-17(2,3)22-16(21)20-15-6-4-5-14(15)19-11-12-7-9-13(18)10-8-12/h7-10,14-15,19H,4-6,11H2,1-3H3,(H,20,21). The van der Waals surface area contributed by atoms with Gasteiger partial charge in [0.2, 0.25) is 0 Å². The first-order valence-electron chi connectivity index (χ1n) is 7.81. The van der Waals surface area contributed by atoms with Crippen molar-refractivity contribution in [3.05, 3.63) is 34.3 Å². The van der Waals surface area contributed by atoms with Crippen LogP contribution in [0.4, 0.5) is 4.79 Å². The lowest BCUT2D eigenvalue weighted by Gasteiger charge is -2.25. The molecule has 0 aromatic heterocycles. The molecule has 0 heterocycles. The van der Waals surface area contributed by atoms with Crippen LogP contribution < -0.4 is 10.6 Å². The Bertz CT molecular complexity index is 496. The fraction of sp³-hybridized carbons (Fsp3) is 0.588. The average Bonchev–Trinajstić information content (AvgIpc) is 2.83. The maximum absolute atomic E-state index is 11.9. The summed E-state index contributed by atoms with van der Waals surface area (Å²) >= 11 is 3.44. The number of alkyl carbamates (subject to hydrolysis) is 1. The van der Waals surface area contributed by atoms with E-state index in [1.54, 1.807) is 0 Å². The van der Waals surface area contributed by atoms with Crippen molar-refractivity contribution in [2.75, 3.05) is 0 Å². The summed E-state index contributed by atoms with van der Waals surface area (Å²) in [6.45, 7) is 6.45. The van der Waals surface area contributed by atoms with E-state index in [9.17, 15) is 4.79 Å². The van der Waals surface area contributed by atoms with Crippen LogP contribution in [0.25, 0.3) is 0 Å². The fourth-order valence-corrected chi connectivity index (χ4v) is 2.95. The van der Waals surface area contributed by atoms with Crippen LogP contribution in [-0.4, -0.2) is 23.8 Å². The van der Waals surface area contributed by atoms with Gasteiger partial charge in [0.25, 0.3) is 0 Å². The summed E-state index contributed by atoms with van der Waals surface area (Å²) in [4.78, 5) is 11.9. The zero-order valence-electron chi connectivity index (χ0n) is 13.5. The Labute approximate surface area is 141 Å². The quantitative estimate of drug-likeness (QED) is 0.844. The molecular weight excluding hydrogens is 344 g/mol. The van der Waals surface area contributed by atoms with Gasteiger partial charge in [0, 0.05) is 23.1 Å². The van der Waals surface area contributed by atoms with Crippen LogP contribution >= 0.6 is 15.9 Å². The van der Waals surface area contributed by atoms with Crippen molar-refractivity contribution >= 4 is 22.0 Å². The molecule has 0 bridgehead atoms. The Morgan fingerprint density at radius 3 is 2.50 bits per heavy atom. The highest BCUT2D eigenvalue weighted by Crippen LogP contribution is 2.20. The summed E-state index contributed by atoms with van der Waals surface area (Å²) in [6.07, 6.45) is 2.88. The number of carbonyl (C=O) groups excluding carboxylic acids is 1. The first-order chi connectivity index (χ1) is 10.3. The molecule has 5 heteroatoms. The summed E-state index contributed by atoms with van der Waals surface area (Å²) in [5, 5.41) is 6.55. The highest BCUT2D eigenvalue weighted by atomic mass is 79.9. The number of halogens is 1. The number of hydrogen-bond donors (Lipinski definition) is 2. The van der Waals surface area contributed by atoms with Crippen molar-refractivity contribution in [1.29, 1.82) is 0 Å². The van der Waals surface area contributed by atoms with E-state index in [2.05, 4.69) is 38.7 Å². The summed E-state index contributed by atoms with van der Waals surface area (Å²) in [7, 11) is 0. The predicted molar refractivity (Wildman–Crippen MR) is 91.8 cm³/mol. The van der Waals surface area contributed by atoms with E-state index >= 15 is 0 Å². The molecule has 1 amide bonds. The molecule has 1 aromatic carbocycles. The van der Waals surface area contributed by atoms with Gasteiger partial charge in [-0.1, -0.05) is 28.1 Å². The number of ether oxygens (including phenoxy) is 1. The molecule has 1 aromatic rings. The van der Waals surface area contributed by atoms with Crippen LogP contribution in [0.1, 0.15) is 45.6 Å². The molecule has 122 valence electrons. The van der Waals surface area contributed by atoms with Gasteiger partial charge in [0.15, 0.2) is 0 Å². The lowest BCUT2D eigenvalue weighted by atomic mass is 10.1. The molecule has 1 aliphatic carbocycles. The molecule has 2 rings (SSSR count). The molecule has 2 N–H and O–H groups in total. The highest BCUT2D eigenvalue weighted by molar-refractivity contribution is 9.10. The van der Waals surface area contributed by atoms with Crippen LogP contribution in [0.5, 0.6) is 0 Å². The second-order valence-electron chi connectivity index (χ2n) is 6.80. The summed E-state index contributed by atoms with van der Waals surface area (Å²) < 4.78 is 6.43. The second-order valence-corrected chi connectivity index (χ2v) is 7.71. The minimum Gasteiger partial charge on any atom is -0.444 e. The van der Waals surface area contributed by atoms with E-state index in [1.165, 1.54) is 5.56 Å². The van der Waals surface area contributed by atoms with Crippen LogP contribution in [0.2, 0.25) is 0 Å². The van der Waals surface area contributed by atoms with Crippen molar-refractivity contribution in [2.24, 2.45) is 0 Å². The van der Waals surface area contributed by atoms with Gasteiger partial charge in [-0.3, -0.25) is 0 Å². The van der Waals surface area contributed by atoms with Gasteiger partial charge in [-0.15, -0.1) is 0 Å². The largest absolute Gasteiger partial charge is 0.444 e. The Balaban J connectivity index is 1.82. The second kappa shape index (κ2) is 7.47. The van der Waals surface area contributed by atoms with Crippen LogP contribution in [0.3, 0.4) is 0 Å². The predicted octanol–water partition coefficient (Wildman–Crippen LogP) is 3.98. The molecule has 1 saturated carbocycles. The van der Waals surface area contributed by atoms with Crippen LogP contribution in [0, 0.1) is 0 Å². The van der Waals surface area contributed by atoms with E-state index in [-0.39, 0.29) is 12.1 Å². The number of rotatable bonds is 4. The third-order valence-electron chi connectivity index (χ3n) is 3.70. The third-order valence-corrected chi connectivity index (χ3v) is 4.23. The van der Waals surface area contributed by atoms with Gasteiger partial charge in [-0.2, -0.15) is 0 Å². The molecule has 2 unspecified atom stereocenters. The molecular formula is C17H25BrN2O2. The van der Waals surface area contributed by atoms with E-state index in [4.69, 9.17) is 4.74 Å². The van der Waals surface area contributed by atoms with Crippen molar-refractivity contribution < 1.29 is 9.53 Å². The van der Waals surface area contributed by atoms with Crippen molar-refractivity contribution in [2.45, 2.75) is 64.3 Å². The van der Waals surface area contributed by atoms with Crippen LogP contribution in [-0.2, 0) is 11.3 Å². The minimum absolute atomic E-state index is 0.144. The van der Waals surface area contributed by atoms with Gasteiger partial charge in [-0.25, -0.2) is 4.79 Å². The molecule has 0 saturated heterocycles. The molecule has 0 spiro atoms. The maximum Gasteiger partial charge on any atom is 0.407 e. The van der Waals surface area contributed by atoms with E-state index in [1.807, 2.05) is 32.9 Å². The lowest BCUT2D eigenvalue weighted by Crippen LogP contribution is -2.47. The van der Waals surface area contributed by atoms with Gasteiger partial charge in [0.05, 0.1) is 0 Å². The number of amides is 1. The van der Waals surface area contributed by atoms with Crippen molar-refractivity contribution in [3.63, 3.8) is 0 Å². The summed E-state index contributed by atoms with van der Waals surface area (Å²) in [6, 6.07) is 8.73. The molecule has 0 aliphatic heterocycles. The van der Waals surface area contributed by atoms with Gasteiger partial charge < -0.3 is 15.4 Å². The topological polar surface area (TPSA) is 50.4 Å². The van der Waals surface area contributed by atoms with Crippen molar-refractivity contribution in [3.8, 4) is 0 Å². The Morgan fingerprint density at radius 2 is 1.86 bits per heavy atom. The number of nitrogens with one attached hydrogen (secondary N) is 2. The minimum atomic E-state index is -0.455. The van der Waals surface area contributed by atoms with Crippen LogP contribution in [0.15, 0.2) is 28.7 Å². The molecule has 4 nitrogen and oxygen atoms in total. The fourth-order valence-electron chi connectivity index (χ4n) is 2.69. The van der Waals surface area contributed by atoms with Gasteiger partial charge >= 0.3 is 6.09 Å². The number of hydrogen-bond acceptors (Lipinski definition) is 3. The third kappa shape index (κ3) is 5.61. The zero-order valence-corrected chi connectivity index (χ0v) is 15.1. The number of benzene rings is 1. The first kappa shape index (κ1) is 17.3. The molecule has 2 atom stereocenters. The Hall–Kier alpha value is -1.07. The Morgan fingerprint density at radius 1 is 1.23 bits per heavy atom. The summed E-state index contributed by atoms with van der Waals surface area (Å²) in [5.41, 5.74) is 0.786. The average molecular weight is 369 g/mol. The normalized spacial score (nSPS) is 21.6. The monoisotopic (exact) mass is 368 g/mol. The zero-order chi connectivity index (χ0) is 16.2. The van der Waals surface area contributed by atoms with Crippen molar-refractivity contribution in [1.82, 2.24) is 10.6 Å². The SMILES string of the molecule is CC(C)(C)OC(=O)NC1CCCC1NCc1ccc(Br)cc1. The highest BCUT2D eigenvalue weighted by Gasteiger charge is 2.29. The van der Waals surface area contributed by atoms with E-state index in [0.717, 1.165) is 30.3 Å². The molecule has 0 radical (unpaired) electrons. The number of carbonyl (C=O) groups is 1. The first-order valence-corrected chi connectivity index (χ1v) is 8.60. The smallest absolute Gasteiger partial charge is 0.407 e. The summed E-state index contributed by atoms with van der Waals surface area (Å²) in [5.74, 6) is 0. The molecule has 22 heavy (non-hydrogen) atoms. The molecule has 1 aliphatic rings. The van der Waals surface area contributed by atoms with E-state index < -0.39 is 5.60 Å². The maximum atomic E-state index is 11.9. The lowest BCUT2D eigenvalue weighted by molar-refractivity contribution is 0.0498.